The van der Waals surface area contributed by atoms with Gasteiger partial charge in [0.15, 0.2) is 0 Å². The number of primary amides is 1. The van der Waals surface area contributed by atoms with Gasteiger partial charge in [0.25, 0.3) is 0 Å². The zero-order chi connectivity index (χ0) is 17.2. The first-order valence-electron chi connectivity index (χ1n) is 10.1. The van der Waals surface area contributed by atoms with Crippen molar-refractivity contribution in [3.8, 4) is 0 Å². The maximum Gasteiger partial charge on any atom is 0.246 e. The predicted molar refractivity (Wildman–Crippen MR) is 99.5 cm³/mol. The fourth-order valence-corrected chi connectivity index (χ4v) is 3.03. The lowest BCUT2D eigenvalue weighted by Gasteiger charge is -2.12. The molecule has 0 saturated heterocycles. The Kier molecular flexibility index (Phi) is 17.3. The SMILES string of the molecule is CCCCCCCCCCCCCCCCC(OCC)C(N)=O. The number of unbranched alkanes of at least 4 members (excludes halogenated alkanes) is 13. The lowest BCUT2D eigenvalue weighted by Crippen LogP contribution is -2.31. The lowest BCUT2D eigenvalue weighted by atomic mass is 10.0. The minimum atomic E-state index is -0.377. The van der Waals surface area contributed by atoms with E-state index in [1.807, 2.05) is 6.92 Å². The molecule has 0 radical (unpaired) electrons. The number of rotatable bonds is 18. The van der Waals surface area contributed by atoms with Crippen molar-refractivity contribution in [3.05, 3.63) is 0 Å². The minimum absolute atomic E-state index is 0.318. The van der Waals surface area contributed by atoms with Gasteiger partial charge in [-0.1, -0.05) is 96.8 Å². The largest absolute Gasteiger partial charge is 0.369 e. The van der Waals surface area contributed by atoms with Gasteiger partial charge >= 0.3 is 0 Å². The second-order valence-electron chi connectivity index (χ2n) is 6.73. The lowest BCUT2D eigenvalue weighted by molar-refractivity contribution is -0.129. The molecule has 0 bridgehead atoms. The Balaban J connectivity index is 3.20. The number of carbonyl (C=O) groups is 1. The van der Waals surface area contributed by atoms with E-state index in [9.17, 15) is 4.79 Å². The van der Waals surface area contributed by atoms with E-state index in [4.69, 9.17) is 10.5 Å². The van der Waals surface area contributed by atoms with E-state index in [-0.39, 0.29) is 12.0 Å². The maximum absolute atomic E-state index is 11.2. The summed E-state index contributed by atoms with van der Waals surface area (Å²) in [5.74, 6) is -0.318. The summed E-state index contributed by atoms with van der Waals surface area (Å²) in [4.78, 5) is 11.2. The zero-order valence-electron chi connectivity index (χ0n) is 15.8. The Bertz CT molecular complexity index is 256. The molecule has 3 nitrogen and oxygen atoms in total. The van der Waals surface area contributed by atoms with Gasteiger partial charge in [0.1, 0.15) is 6.10 Å². The normalized spacial score (nSPS) is 12.4. The van der Waals surface area contributed by atoms with Gasteiger partial charge in [0, 0.05) is 6.61 Å². The Morgan fingerprint density at radius 2 is 1.13 bits per heavy atom. The number of amides is 1. The molecule has 3 heteroatoms. The van der Waals surface area contributed by atoms with Crippen LogP contribution >= 0.6 is 0 Å². The van der Waals surface area contributed by atoms with Crippen LogP contribution < -0.4 is 5.73 Å². The quantitative estimate of drug-likeness (QED) is 0.326. The first-order valence-corrected chi connectivity index (χ1v) is 10.1. The second-order valence-corrected chi connectivity index (χ2v) is 6.73. The molecule has 138 valence electrons. The molecular weight excluding hydrogens is 286 g/mol. The zero-order valence-corrected chi connectivity index (χ0v) is 15.8. The molecule has 0 heterocycles. The third-order valence-electron chi connectivity index (χ3n) is 4.51. The van der Waals surface area contributed by atoms with Crippen LogP contribution in [0.25, 0.3) is 0 Å². The summed E-state index contributed by atoms with van der Waals surface area (Å²) in [5.41, 5.74) is 5.31. The van der Waals surface area contributed by atoms with E-state index in [1.54, 1.807) is 0 Å². The molecule has 0 aromatic rings. The molecule has 0 spiro atoms. The first kappa shape index (κ1) is 22.4. The molecule has 0 fully saturated rings. The highest BCUT2D eigenvalue weighted by atomic mass is 16.5. The fourth-order valence-electron chi connectivity index (χ4n) is 3.03. The Hall–Kier alpha value is -0.570. The molecule has 0 aliphatic heterocycles. The molecule has 2 N–H and O–H groups in total. The molecule has 1 atom stereocenters. The van der Waals surface area contributed by atoms with E-state index in [0.29, 0.717) is 6.61 Å². The third kappa shape index (κ3) is 16.1. The van der Waals surface area contributed by atoms with Gasteiger partial charge in [-0.25, -0.2) is 0 Å². The molecule has 0 aliphatic carbocycles. The summed E-state index contributed by atoms with van der Waals surface area (Å²) in [7, 11) is 0. The average molecular weight is 328 g/mol. The molecule has 23 heavy (non-hydrogen) atoms. The smallest absolute Gasteiger partial charge is 0.246 e. The average Bonchev–Trinajstić information content (AvgIpc) is 2.54. The van der Waals surface area contributed by atoms with Gasteiger partial charge in [-0.2, -0.15) is 0 Å². The Morgan fingerprint density at radius 1 is 0.739 bits per heavy atom. The number of carbonyl (C=O) groups excluding carboxylic acids is 1. The standard InChI is InChI=1S/C20H41NO2/c1-3-5-6-7-8-9-10-11-12-13-14-15-16-17-18-19(20(21)22)23-4-2/h19H,3-18H2,1-2H3,(H2,21,22). The number of hydrogen-bond acceptors (Lipinski definition) is 2. The van der Waals surface area contributed by atoms with Crippen LogP contribution in [0.3, 0.4) is 0 Å². The Morgan fingerprint density at radius 3 is 1.48 bits per heavy atom. The van der Waals surface area contributed by atoms with Crippen LogP contribution in [0, 0.1) is 0 Å². The van der Waals surface area contributed by atoms with Gasteiger partial charge in [-0.05, 0) is 13.3 Å². The minimum Gasteiger partial charge on any atom is -0.369 e. The van der Waals surface area contributed by atoms with E-state index >= 15 is 0 Å². The monoisotopic (exact) mass is 327 g/mol. The molecule has 0 rings (SSSR count). The summed E-state index contributed by atoms with van der Waals surface area (Å²) < 4.78 is 5.34. The van der Waals surface area contributed by atoms with Crippen molar-refractivity contribution in [3.63, 3.8) is 0 Å². The number of ether oxygens (including phenoxy) is 1. The van der Waals surface area contributed by atoms with Gasteiger partial charge in [-0.15, -0.1) is 0 Å². The van der Waals surface area contributed by atoms with Crippen molar-refractivity contribution < 1.29 is 9.53 Å². The van der Waals surface area contributed by atoms with Crippen LogP contribution in [0.15, 0.2) is 0 Å². The molecular formula is C20H41NO2. The summed E-state index contributed by atoms with van der Waals surface area (Å²) in [5, 5.41) is 0. The summed E-state index contributed by atoms with van der Waals surface area (Å²) in [6, 6.07) is 0. The van der Waals surface area contributed by atoms with Gasteiger partial charge in [-0.3, -0.25) is 4.79 Å². The predicted octanol–water partition coefficient (Wildman–Crippen LogP) is 5.75. The van der Waals surface area contributed by atoms with Crippen LogP contribution in [0.5, 0.6) is 0 Å². The van der Waals surface area contributed by atoms with Crippen molar-refractivity contribution in [2.75, 3.05) is 6.61 Å². The highest BCUT2D eigenvalue weighted by Crippen LogP contribution is 2.14. The molecule has 1 unspecified atom stereocenters. The van der Waals surface area contributed by atoms with E-state index in [1.165, 1.54) is 83.5 Å². The topological polar surface area (TPSA) is 52.3 Å². The molecule has 0 aliphatic rings. The summed E-state index contributed by atoms with van der Waals surface area (Å²) >= 11 is 0. The maximum atomic E-state index is 11.2. The first-order chi connectivity index (χ1) is 11.2. The van der Waals surface area contributed by atoms with Crippen LogP contribution in [0.4, 0.5) is 0 Å². The van der Waals surface area contributed by atoms with Crippen LogP contribution in [-0.4, -0.2) is 18.6 Å². The highest BCUT2D eigenvalue weighted by molar-refractivity contribution is 5.78. The molecule has 0 saturated carbocycles. The highest BCUT2D eigenvalue weighted by Gasteiger charge is 2.13. The van der Waals surface area contributed by atoms with Gasteiger partial charge in [0.2, 0.25) is 5.91 Å². The van der Waals surface area contributed by atoms with E-state index < -0.39 is 0 Å². The third-order valence-corrected chi connectivity index (χ3v) is 4.51. The number of nitrogens with two attached hydrogens (primary N) is 1. The second kappa shape index (κ2) is 17.8. The van der Waals surface area contributed by atoms with Gasteiger partial charge < -0.3 is 10.5 Å². The van der Waals surface area contributed by atoms with Crippen LogP contribution in [0.1, 0.15) is 110 Å². The van der Waals surface area contributed by atoms with Gasteiger partial charge in [0.05, 0.1) is 0 Å². The summed E-state index contributed by atoms with van der Waals surface area (Å²) in [6.07, 6.45) is 19.3. The van der Waals surface area contributed by atoms with Crippen molar-refractivity contribution in [1.82, 2.24) is 0 Å². The molecule has 1 amide bonds. The van der Waals surface area contributed by atoms with Crippen molar-refractivity contribution >= 4 is 5.91 Å². The fraction of sp³-hybridized carbons (Fsp3) is 0.950. The van der Waals surface area contributed by atoms with Crippen molar-refractivity contribution in [2.45, 2.75) is 116 Å². The van der Waals surface area contributed by atoms with Crippen molar-refractivity contribution in [1.29, 1.82) is 0 Å². The van der Waals surface area contributed by atoms with E-state index in [0.717, 1.165) is 12.8 Å². The summed E-state index contributed by atoms with van der Waals surface area (Å²) in [6.45, 7) is 4.74. The van der Waals surface area contributed by atoms with E-state index in [2.05, 4.69) is 6.92 Å². The molecule has 0 aromatic heterocycles. The van der Waals surface area contributed by atoms with Crippen LogP contribution in [-0.2, 0) is 9.53 Å². The Labute approximate surface area is 144 Å². The molecule has 0 aromatic carbocycles. The van der Waals surface area contributed by atoms with Crippen molar-refractivity contribution in [2.24, 2.45) is 5.73 Å². The van der Waals surface area contributed by atoms with Crippen LogP contribution in [0.2, 0.25) is 0 Å². The number of hydrogen-bond donors (Lipinski definition) is 1.